The number of benzene rings is 3. The number of nitrogens with two attached hydrogens (primary N) is 1. The molecule has 0 heterocycles. The number of nitrogen functional groups attached to an aromatic ring is 1. The average Bonchev–Trinajstić information content (AvgIpc) is 2.77. The molecule has 0 aromatic heterocycles. The van der Waals surface area contributed by atoms with Crippen LogP contribution in [0, 0.1) is 0 Å². The van der Waals surface area contributed by atoms with Gasteiger partial charge in [0, 0.05) is 16.8 Å². The molecule has 0 spiro atoms. The van der Waals surface area contributed by atoms with Crippen LogP contribution in [-0.4, -0.2) is 38.7 Å². The Balaban J connectivity index is 0.00000324. The van der Waals surface area contributed by atoms with Gasteiger partial charge < -0.3 is 11.1 Å². The normalized spacial score (nSPS) is 13.0. The molecule has 12 heteroatoms. The first-order valence-corrected chi connectivity index (χ1v) is 12.8. The van der Waals surface area contributed by atoms with E-state index in [0.29, 0.717) is 5.69 Å². The summed E-state index contributed by atoms with van der Waals surface area (Å²) in [6.45, 7) is 1.45. The predicted octanol–water partition coefficient (Wildman–Crippen LogP) is -0.168. The third kappa shape index (κ3) is 4.42. The first kappa shape index (κ1) is 26.1. The van der Waals surface area contributed by atoms with Gasteiger partial charge in [0.25, 0.3) is 10.1 Å². The SMILES string of the molecule is CCS(=O)(=O)c1ccc2c(c1)C(=O)c1c(Nc3ccccc3)cc(S(=O)(=O)O)c(N)c1C2=O.[Na+]. The second-order valence-electron chi connectivity index (χ2n) is 7.32. The summed E-state index contributed by atoms with van der Waals surface area (Å²) < 4.78 is 58.2. The van der Waals surface area contributed by atoms with Gasteiger partial charge in [-0.1, -0.05) is 25.1 Å². The number of hydrogen-bond acceptors (Lipinski definition) is 8. The molecular weight excluding hydrogens is 491 g/mol. The zero-order chi connectivity index (χ0) is 24.1. The summed E-state index contributed by atoms with van der Waals surface area (Å²) in [5.74, 6) is -1.67. The zero-order valence-corrected chi connectivity index (χ0v) is 21.8. The van der Waals surface area contributed by atoms with E-state index in [0.717, 1.165) is 12.1 Å². The van der Waals surface area contributed by atoms with Gasteiger partial charge in [-0.05, 0) is 36.4 Å². The number of sulfone groups is 1. The Morgan fingerprint density at radius 2 is 1.50 bits per heavy atom. The number of rotatable bonds is 5. The minimum absolute atomic E-state index is 0. The second-order valence-corrected chi connectivity index (χ2v) is 11.0. The Morgan fingerprint density at radius 1 is 0.882 bits per heavy atom. The Bertz CT molecular complexity index is 1550. The molecule has 34 heavy (non-hydrogen) atoms. The van der Waals surface area contributed by atoms with Crippen molar-refractivity contribution in [1.82, 2.24) is 0 Å². The van der Waals surface area contributed by atoms with Crippen molar-refractivity contribution in [3.05, 3.63) is 76.9 Å². The number of anilines is 3. The van der Waals surface area contributed by atoms with Crippen LogP contribution in [0.1, 0.15) is 38.8 Å². The van der Waals surface area contributed by atoms with Crippen molar-refractivity contribution in [1.29, 1.82) is 0 Å². The molecule has 1 aliphatic rings. The van der Waals surface area contributed by atoms with Gasteiger partial charge in [0.05, 0.1) is 33.2 Å². The van der Waals surface area contributed by atoms with Crippen molar-refractivity contribution >= 4 is 48.6 Å². The van der Waals surface area contributed by atoms with Crippen LogP contribution in [0.15, 0.2) is 64.4 Å². The molecule has 0 atom stereocenters. The molecule has 0 saturated heterocycles. The Morgan fingerprint density at radius 3 is 2.09 bits per heavy atom. The molecule has 4 rings (SSSR count). The van der Waals surface area contributed by atoms with Crippen LogP contribution in [0.4, 0.5) is 17.1 Å². The van der Waals surface area contributed by atoms with Crippen molar-refractivity contribution in [3.8, 4) is 0 Å². The van der Waals surface area contributed by atoms with Gasteiger partial charge in [0.15, 0.2) is 21.4 Å². The van der Waals surface area contributed by atoms with Gasteiger partial charge in [-0.15, -0.1) is 0 Å². The third-order valence-corrected chi connectivity index (χ3v) is 7.96. The molecular formula is C22H18N2NaO7S2+. The van der Waals surface area contributed by atoms with Crippen LogP contribution in [-0.2, 0) is 20.0 Å². The summed E-state index contributed by atoms with van der Waals surface area (Å²) in [5.41, 5.74) is 4.91. The number of ketones is 2. The number of fused-ring (bicyclic) bond motifs is 2. The van der Waals surface area contributed by atoms with E-state index in [4.69, 9.17) is 5.73 Å². The predicted molar refractivity (Wildman–Crippen MR) is 121 cm³/mol. The van der Waals surface area contributed by atoms with Gasteiger partial charge in [-0.2, -0.15) is 8.42 Å². The summed E-state index contributed by atoms with van der Waals surface area (Å²) in [7, 11) is -8.50. The summed E-state index contributed by atoms with van der Waals surface area (Å²) in [4.78, 5) is 25.9. The molecule has 0 bridgehead atoms. The van der Waals surface area contributed by atoms with Crippen molar-refractivity contribution < 1.29 is 60.5 Å². The number of hydrogen-bond donors (Lipinski definition) is 3. The van der Waals surface area contributed by atoms with E-state index in [2.05, 4.69) is 5.32 Å². The van der Waals surface area contributed by atoms with Crippen LogP contribution >= 0.6 is 0 Å². The fourth-order valence-electron chi connectivity index (χ4n) is 3.67. The monoisotopic (exact) mass is 509 g/mol. The second kappa shape index (κ2) is 9.25. The number of carbonyl (C=O) groups excluding carboxylic acids is 2. The van der Waals surface area contributed by atoms with Crippen LogP contribution in [0.3, 0.4) is 0 Å². The van der Waals surface area contributed by atoms with E-state index >= 15 is 0 Å². The Hall–Kier alpha value is -2.54. The van der Waals surface area contributed by atoms with Crippen LogP contribution < -0.4 is 40.6 Å². The van der Waals surface area contributed by atoms with Crippen LogP contribution in [0.5, 0.6) is 0 Å². The fraction of sp³-hybridized carbons (Fsp3) is 0.0909. The maximum Gasteiger partial charge on any atom is 1.00 e. The van der Waals surface area contributed by atoms with Crippen LogP contribution in [0.25, 0.3) is 0 Å². The maximum atomic E-state index is 13.5. The number of para-hydroxylation sites is 1. The summed E-state index contributed by atoms with van der Waals surface area (Å²) in [5, 5.41) is 2.89. The largest absolute Gasteiger partial charge is 1.00 e. The minimum Gasteiger partial charge on any atom is -0.397 e. The van der Waals surface area contributed by atoms with E-state index in [9.17, 15) is 31.0 Å². The number of nitrogens with one attached hydrogen (secondary N) is 1. The summed E-state index contributed by atoms with van der Waals surface area (Å²) in [6.07, 6.45) is 0. The molecule has 0 fully saturated rings. The van der Waals surface area contributed by atoms with Gasteiger partial charge in [0.2, 0.25) is 0 Å². The topological polar surface area (TPSA) is 161 Å². The van der Waals surface area contributed by atoms with Crippen molar-refractivity contribution in [2.75, 3.05) is 16.8 Å². The minimum atomic E-state index is -4.84. The first-order chi connectivity index (χ1) is 15.5. The number of carbonyl (C=O) groups is 2. The third-order valence-electron chi connectivity index (χ3n) is 5.33. The average molecular weight is 510 g/mol. The van der Waals surface area contributed by atoms with E-state index in [-0.39, 0.29) is 68.1 Å². The standard InChI is InChI=1S/C22H18N2O7S2.Na/c1-2-32(27,28)13-8-9-14-15(10-13)22(26)18-16(24-12-6-4-3-5-7-12)11-17(33(29,30)31)20(23)19(18)21(14)25;/h3-11,24H,2,23H2,1H3,(H,29,30,31);/q;+1. The van der Waals surface area contributed by atoms with Crippen molar-refractivity contribution in [2.45, 2.75) is 16.7 Å². The molecule has 0 saturated carbocycles. The molecule has 0 aliphatic heterocycles. The van der Waals surface area contributed by atoms with Crippen LogP contribution in [0.2, 0.25) is 0 Å². The molecule has 3 aromatic carbocycles. The molecule has 4 N–H and O–H groups in total. The molecule has 170 valence electrons. The summed E-state index contributed by atoms with van der Waals surface area (Å²) in [6, 6.07) is 12.9. The van der Waals surface area contributed by atoms with E-state index in [1.807, 2.05) is 0 Å². The van der Waals surface area contributed by atoms with Gasteiger partial charge in [-0.3, -0.25) is 14.1 Å². The maximum absolute atomic E-state index is 13.5. The van der Waals surface area contributed by atoms with Gasteiger partial charge in [-0.25, -0.2) is 8.42 Å². The van der Waals surface area contributed by atoms with E-state index in [1.165, 1.54) is 19.1 Å². The molecule has 0 amide bonds. The summed E-state index contributed by atoms with van der Waals surface area (Å²) >= 11 is 0. The molecule has 1 aliphatic carbocycles. The molecule has 9 nitrogen and oxygen atoms in total. The first-order valence-electron chi connectivity index (χ1n) is 9.68. The van der Waals surface area contributed by atoms with Crippen molar-refractivity contribution in [2.24, 2.45) is 0 Å². The van der Waals surface area contributed by atoms with E-state index in [1.54, 1.807) is 30.3 Å². The van der Waals surface area contributed by atoms with Crippen molar-refractivity contribution in [3.63, 3.8) is 0 Å². The quantitative estimate of drug-likeness (QED) is 0.188. The Kier molecular flexibility index (Phi) is 7.09. The van der Waals surface area contributed by atoms with Gasteiger partial charge in [0.1, 0.15) is 4.90 Å². The van der Waals surface area contributed by atoms with E-state index < -0.39 is 42.1 Å². The Labute approximate surface area is 218 Å². The zero-order valence-electron chi connectivity index (χ0n) is 18.2. The smallest absolute Gasteiger partial charge is 0.397 e. The molecule has 0 radical (unpaired) electrons. The van der Waals surface area contributed by atoms with Gasteiger partial charge >= 0.3 is 29.6 Å². The fourth-order valence-corrected chi connectivity index (χ4v) is 5.23. The molecule has 3 aromatic rings. The molecule has 0 unspecified atom stereocenters.